The van der Waals surface area contributed by atoms with Gasteiger partial charge in [-0.05, 0) is 97.1 Å². The number of amides is 4. The summed E-state index contributed by atoms with van der Waals surface area (Å²) in [7, 11) is 6.16. The minimum atomic E-state index is -1.32. The molecule has 0 saturated carbocycles. The first kappa shape index (κ1) is 70.8. The molecule has 6 aliphatic rings. The molecule has 0 spiro atoms. The van der Waals surface area contributed by atoms with Gasteiger partial charge in [0, 0.05) is 155 Å². The quantitative estimate of drug-likeness (QED) is 0.0459. The second-order valence-corrected chi connectivity index (χ2v) is 25.7. The maximum absolute atomic E-state index is 14.9. The van der Waals surface area contributed by atoms with E-state index in [0.717, 1.165) is 30.3 Å². The second-order valence-electron chi connectivity index (χ2n) is 24.9. The summed E-state index contributed by atoms with van der Waals surface area (Å²) < 4.78 is 83.0. The number of rotatable bonds is 18. The Morgan fingerprint density at radius 3 is 1.44 bits per heavy atom. The number of nitrogens with zero attached hydrogens (tertiary/aromatic N) is 12. The van der Waals surface area contributed by atoms with Gasteiger partial charge >= 0.3 is 35.9 Å². The first-order valence-corrected chi connectivity index (χ1v) is 33.2. The van der Waals surface area contributed by atoms with Crippen LogP contribution in [0, 0.1) is 23.3 Å². The lowest BCUT2D eigenvalue weighted by Gasteiger charge is -2.38. The van der Waals surface area contributed by atoms with E-state index >= 15 is 0 Å². The molecule has 104 heavy (non-hydrogen) atoms. The molecule has 8 heterocycles. The number of hydrogen-bond acceptors (Lipinski definition) is 18. The molecule has 4 atom stereocenters. The number of fused-ring (bicyclic) bond motifs is 2. The number of piperazine rings is 2. The summed E-state index contributed by atoms with van der Waals surface area (Å²) in [6.45, 7) is 3.80. The van der Waals surface area contributed by atoms with E-state index in [1.165, 1.54) is 73.7 Å². The molecule has 0 bridgehead atoms. The van der Waals surface area contributed by atoms with Gasteiger partial charge in [0.1, 0.15) is 46.8 Å². The number of urea groups is 2. The number of ether oxygens (including phenoxy) is 4. The van der Waals surface area contributed by atoms with E-state index in [0.29, 0.717) is 115 Å². The van der Waals surface area contributed by atoms with Gasteiger partial charge in [-0.2, -0.15) is 0 Å². The number of carboxylic acids is 2. The van der Waals surface area contributed by atoms with Gasteiger partial charge in [0.25, 0.3) is 0 Å². The van der Waals surface area contributed by atoms with E-state index in [1.54, 1.807) is 75.0 Å². The maximum Gasteiger partial charge on any atom is 0.338 e. The van der Waals surface area contributed by atoms with Gasteiger partial charge in [0.05, 0.1) is 54.3 Å². The highest BCUT2D eigenvalue weighted by Crippen LogP contribution is 2.41. The summed E-state index contributed by atoms with van der Waals surface area (Å²) in [5.41, 5.74) is 3.04. The number of aromatic nitrogens is 4. The molecule has 6 aliphatic heterocycles. The fourth-order valence-electron chi connectivity index (χ4n) is 13.3. The number of carbonyl (C=O) groups is 6. The maximum atomic E-state index is 14.9. The van der Waals surface area contributed by atoms with Crippen LogP contribution in [0.4, 0.5) is 38.5 Å². The molecule has 2 aromatic heterocycles. The van der Waals surface area contributed by atoms with Crippen LogP contribution in [0.5, 0.6) is 23.0 Å². The molecule has 4 saturated heterocycles. The van der Waals surface area contributed by atoms with E-state index in [1.807, 2.05) is 24.1 Å². The lowest BCUT2D eigenvalue weighted by atomic mass is 9.95. The van der Waals surface area contributed by atoms with Crippen LogP contribution in [-0.2, 0) is 33.2 Å². The minimum absolute atomic E-state index is 0.0749. The Balaban J connectivity index is 0.000000185. The lowest BCUT2D eigenvalue weighted by molar-refractivity contribution is -0.137. The number of carbonyl (C=O) groups excluding carboxylic acids is 4. The Hall–Kier alpha value is -11.6. The van der Waals surface area contributed by atoms with Crippen LogP contribution in [-0.4, -0.2) is 188 Å². The Kier molecular flexibility index (Phi) is 20.3. The van der Waals surface area contributed by atoms with Crippen LogP contribution in [0.2, 0.25) is 10.0 Å². The van der Waals surface area contributed by atoms with Crippen LogP contribution in [0.1, 0.15) is 55.6 Å². The third-order valence-electron chi connectivity index (χ3n) is 18.3. The number of aliphatic imine (C=N–C) groups is 2. The third-order valence-corrected chi connectivity index (χ3v) is 19.0. The van der Waals surface area contributed by atoms with Crippen LogP contribution < -0.4 is 29.9 Å². The largest absolute Gasteiger partial charge is 0.478 e. The van der Waals surface area contributed by atoms with Crippen LogP contribution in [0.25, 0.3) is 0 Å². The summed E-state index contributed by atoms with van der Waals surface area (Å²) >= 11 is 13.0. The number of imidazole rings is 2. The molecule has 536 valence electrons. The van der Waals surface area contributed by atoms with Crippen molar-refractivity contribution in [2.75, 3.05) is 89.5 Å². The smallest absolute Gasteiger partial charge is 0.338 e. The Morgan fingerprint density at radius 1 is 0.529 bits per heavy atom. The van der Waals surface area contributed by atoms with E-state index < -0.39 is 59.2 Å². The van der Waals surface area contributed by atoms with Gasteiger partial charge in [0.15, 0.2) is 34.9 Å². The lowest BCUT2D eigenvalue weighted by Crippen LogP contribution is -2.53. The minimum Gasteiger partial charge on any atom is -0.478 e. The zero-order valence-electron chi connectivity index (χ0n) is 55.8. The number of nitrogens with one attached hydrogen (secondary N) is 2. The van der Waals surface area contributed by atoms with Crippen molar-refractivity contribution < 1.29 is 75.5 Å². The topological polar surface area (TPSA) is 284 Å². The molecule has 8 aromatic rings. The molecule has 0 aliphatic carbocycles. The molecular weight excluding hydrogens is 1400 g/mol. The summed E-state index contributed by atoms with van der Waals surface area (Å²) in [6.07, 6.45) is 6.77. The number of benzene rings is 6. The highest BCUT2D eigenvalue weighted by molar-refractivity contribution is 6.32. The summed E-state index contributed by atoms with van der Waals surface area (Å²) in [6, 6.07) is 25.0. The molecule has 6 aromatic carbocycles. The monoisotopic (exact) mass is 1460 g/mol. The highest BCUT2D eigenvalue weighted by Gasteiger charge is 2.45. The van der Waals surface area contributed by atoms with Gasteiger partial charge < -0.3 is 58.7 Å². The van der Waals surface area contributed by atoms with Gasteiger partial charge in [-0.3, -0.25) is 29.6 Å². The van der Waals surface area contributed by atoms with Crippen molar-refractivity contribution in [1.29, 1.82) is 0 Å². The van der Waals surface area contributed by atoms with Crippen LogP contribution in [0.15, 0.2) is 179 Å². The normalized spacial score (nSPS) is 18.9. The number of hydrogen-bond donors (Lipinski definition) is 4. The van der Waals surface area contributed by atoms with Crippen molar-refractivity contribution in [3.05, 3.63) is 236 Å². The van der Waals surface area contributed by atoms with Crippen LogP contribution in [0.3, 0.4) is 0 Å². The number of amidine groups is 2. The third kappa shape index (κ3) is 14.7. The van der Waals surface area contributed by atoms with Crippen molar-refractivity contribution in [2.45, 2.75) is 24.2 Å². The van der Waals surface area contributed by atoms with Crippen molar-refractivity contribution in [2.24, 2.45) is 24.1 Å². The number of methoxy groups -OCH3 is 2. The molecule has 14 rings (SSSR count). The number of esters is 2. The van der Waals surface area contributed by atoms with E-state index in [9.17, 15) is 46.3 Å². The highest BCUT2D eigenvalue weighted by atomic mass is 35.5. The Morgan fingerprint density at radius 2 is 1.00 bits per heavy atom. The average molecular weight is 1460 g/mol. The van der Waals surface area contributed by atoms with Crippen molar-refractivity contribution >= 4 is 82.2 Å². The van der Waals surface area contributed by atoms with Gasteiger partial charge in [-0.25, -0.2) is 56.3 Å². The second kappa shape index (κ2) is 29.8. The zero-order valence-corrected chi connectivity index (χ0v) is 57.4. The molecule has 4 fully saturated rings. The van der Waals surface area contributed by atoms with Gasteiger partial charge in [0.2, 0.25) is 0 Å². The van der Waals surface area contributed by atoms with Crippen molar-refractivity contribution in [3.8, 4) is 23.0 Å². The molecule has 4 amide bonds. The number of halogens is 6. The number of carboxylic acid groups (broad SMARTS) is 2. The van der Waals surface area contributed by atoms with Gasteiger partial charge in [-0.1, -0.05) is 35.3 Å². The average Bonchev–Trinajstić information content (AvgIpc) is 1.29. The summed E-state index contributed by atoms with van der Waals surface area (Å²) in [4.78, 5) is 106. The first-order chi connectivity index (χ1) is 50.0. The zero-order chi connectivity index (χ0) is 73.4. The Bertz CT molecular complexity index is 4880. The van der Waals surface area contributed by atoms with Crippen molar-refractivity contribution in [1.82, 2.24) is 49.3 Å². The predicted octanol–water partition coefficient (Wildman–Crippen LogP) is 9.97. The molecule has 2 unspecified atom stereocenters. The SMILES string of the molecule is COC(=O)C1=C(CN2CCN3C(=O)N(c4cc(F)cc(Oc5ccc(C(=O)O)cc5F)c4)C[C@@H]3C2)NC(c2nccn2C)=NC1c1ccc(F)cc1Cl.COC(=O)C1=C(CN2CCN3C(=O)N(c4ccc(Oc5ccc(C(=O)O)cc5)cc4)C[C@@H]3C2)NC(c2nccn2C)=NC1c1ccc(F)cc1Cl. The molecule has 32 heteroatoms. The van der Waals surface area contributed by atoms with Crippen LogP contribution >= 0.6 is 23.2 Å². The van der Waals surface area contributed by atoms with Gasteiger partial charge in [-0.15, -0.1) is 0 Å². The predicted molar refractivity (Wildman–Crippen MR) is 371 cm³/mol. The fourth-order valence-corrected chi connectivity index (χ4v) is 13.8. The van der Waals surface area contributed by atoms with E-state index in [4.69, 9.17) is 62.3 Å². The summed E-state index contributed by atoms with van der Waals surface area (Å²) in [5.74, 6) is -3.92. The first-order valence-electron chi connectivity index (χ1n) is 32.4. The molecule has 4 N–H and O–H groups in total. The van der Waals surface area contributed by atoms with E-state index in [-0.39, 0.29) is 86.7 Å². The van der Waals surface area contributed by atoms with E-state index in [2.05, 4.69) is 30.4 Å². The molecule has 0 radical (unpaired) electrons. The standard InChI is InChI=1S/C36H31ClF3N7O6.C36H33ClFN7O6/c1-44-8-7-41-33(44)32-42-28(30(35(50)52-2)31(43-32)25-5-4-20(38)14-26(25)37)18-45-9-10-46-23(16-45)17-47(36(46)51)22-12-21(39)13-24(15-22)53-29-6-3-19(34(48)49)11-27(29)40;1-42-14-13-39-33(42)32-40-29(30(35(48)50-2)31(41-32)27-12-5-22(38)17-28(27)37)20-43-15-16-44-24(18-43)19-45(36(44)49)23-6-10-26(11-7-23)51-25-8-3-21(4-9-25)34(46)47/h3-8,11-15,23,31H,9-10,16-18H2,1-2H3,(H,42,43)(H,48,49);3-14,17,24,31H,15-16,18-20H2,1-2H3,(H,40,41)(H,46,47)/t23-,31?;24-,31?/m00/s1. The number of aryl methyl sites for hydroxylation is 2. The Labute approximate surface area is 600 Å². The van der Waals surface area contributed by atoms with Crippen molar-refractivity contribution in [3.63, 3.8) is 0 Å². The molecule has 26 nitrogen and oxygen atoms in total. The fraction of sp³-hybridized carbons (Fsp3) is 0.250. The number of anilines is 2. The summed E-state index contributed by atoms with van der Waals surface area (Å²) in [5, 5.41) is 25.0. The molecular formula is C72H64Cl2F4N14O12. The number of aromatic carboxylic acids is 2.